The first-order valence-corrected chi connectivity index (χ1v) is 7.08. The Kier molecular flexibility index (Phi) is 4.68. The Balaban J connectivity index is 2.06. The highest BCUT2D eigenvalue weighted by Gasteiger charge is 2.17. The van der Waals surface area contributed by atoms with Gasteiger partial charge in [-0.3, -0.25) is 10.00 Å². The minimum Gasteiger partial charge on any atom is -0.478 e. The van der Waals surface area contributed by atoms with Gasteiger partial charge < -0.3 is 9.84 Å². The molecule has 7 nitrogen and oxygen atoms in total. The average molecular weight is 317 g/mol. The number of carbonyl (C=O) groups is 2. The fourth-order valence-corrected chi connectivity index (χ4v) is 1.98. The van der Waals surface area contributed by atoms with Crippen molar-refractivity contribution in [2.45, 2.75) is 32.9 Å². The lowest BCUT2D eigenvalue weighted by Crippen LogP contribution is -2.27. The van der Waals surface area contributed by atoms with E-state index in [9.17, 15) is 14.7 Å². The third kappa shape index (κ3) is 4.84. The second kappa shape index (κ2) is 6.51. The van der Waals surface area contributed by atoms with Gasteiger partial charge in [0.05, 0.1) is 24.0 Å². The van der Waals surface area contributed by atoms with Crippen molar-refractivity contribution in [3.8, 4) is 0 Å². The summed E-state index contributed by atoms with van der Waals surface area (Å²) in [5, 5.41) is 15.9. The number of amides is 1. The molecular weight excluding hydrogens is 298 g/mol. The molecule has 0 radical (unpaired) electrons. The predicted molar refractivity (Wildman–Crippen MR) is 84.6 cm³/mol. The summed E-state index contributed by atoms with van der Waals surface area (Å²) in [6.45, 7) is 5.62. The van der Waals surface area contributed by atoms with Crippen LogP contribution in [0.2, 0.25) is 0 Å². The molecule has 0 spiro atoms. The number of benzene rings is 1. The van der Waals surface area contributed by atoms with Crippen LogP contribution in [0.4, 0.5) is 10.5 Å². The zero-order valence-electron chi connectivity index (χ0n) is 13.2. The lowest BCUT2D eigenvalue weighted by molar-refractivity contribution is 0.0634. The van der Waals surface area contributed by atoms with Crippen LogP contribution in [0, 0.1) is 0 Å². The minimum atomic E-state index is -0.986. The summed E-state index contributed by atoms with van der Waals surface area (Å²) in [6.07, 6.45) is 2.53. The van der Waals surface area contributed by atoms with E-state index in [1.807, 2.05) is 0 Å². The molecule has 0 aliphatic rings. The first-order valence-electron chi connectivity index (χ1n) is 7.08. The molecule has 0 saturated carbocycles. The summed E-state index contributed by atoms with van der Waals surface area (Å²) in [4.78, 5) is 22.9. The normalized spacial score (nSPS) is 11.1. The molecule has 0 bridgehead atoms. The van der Waals surface area contributed by atoms with Gasteiger partial charge in [0.25, 0.3) is 0 Å². The number of rotatable bonds is 4. The van der Waals surface area contributed by atoms with Gasteiger partial charge in [-0.2, -0.15) is 5.10 Å². The van der Waals surface area contributed by atoms with Crippen LogP contribution in [0.15, 0.2) is 36.7 Å². The second-order valence-corrected chi connectivity index (χ2v) is 6.02. The van der Waals surface area contributed by atoms with E-state index in [1.54, 1.807) is 55.9 Å². The van der Waals surface area contributed by atoms with Crippen LogP contribution in [-0.4, -0.2) is 32.6 Å². The van der Waals surface area contributed by atoms with Crippen LogP contribution in [0.3, 0.4) is 0 Å². The topological polar surface area (TPSA) is 93.5 Å². The van der Waals surface area contributed by atoms with Crippen molar-refractivity contribution in [2.75, 3.05) is 5.32 Å². The van der Waals surface area contributed by atoms with Crippen molar-refractivity contribution in [3.05, 3.63) is 47.8 Å². The monoisotopic (exact) mass is 317 g/mol. The number of nitrogens with one attached hydrogen (secondary N) is 1. The fourth-order valence-electron chi connectivity index (χ4n) is 1.98. The Morgan fingerprint density at radius 2 is 2.00 bits per heavy atom. The Morgan fingerprint density at radius 1 is 1.30 bits per heavy atom. The lowest BCUT2D eigenvalue weighted by Gasteiger charge is -2.19. The number of ether oxygens (including phenoxy) is 1. The third-order valence-electron chi connectivity index (χ3n) is 2.86. The summed E-state index contributed by atoms with van der Waals surface area (Å²) in [7, 11) is 0. The van der Waals surface area contributed by atoms with Crippen LogP contribution in [0.1, 0.15) is 36.7 Å². The van der Waals surface area contributed by atoms with Crippen molar-refractivity contribution >= 4 is 17.7 Å². The molecule has 1 aromatic heterocycles. The van der Waals surface area contributed by atoms with Crippen LogP contribution >= 0.6 is 0 Å². The molecule has 2 rings (SSSR count). The van der Waals surface area contributed by atoms with Gasteiger partial charge in [-0.05, 0) is 32.4 Å². The number of aromatic nitrogens is 2. The molecule has 0 fully saturated rings. The molecule has 0 aliphatic carbocycles. The molecule has 23 heavy (non-hydrogen) atoms. The summed E-state index contributed by atoms with van der Waals surface area (Å²) in [5.41, 5.74) is 0.754. The standard InChI is InChI=1S/C16H19N3O4/c1-16(2,3)23-15(22)18-12-8-17-19(10-12)9-11-6-4-5-7-13(11)14(20)21/h4-8,10H,9H2,1-3H3,(H,18,22)(H,20,21). The number of carboxylic acid groups (broad SMARTS) is 1. The van der Waals surface area contributed by atoms with Crippen molar-refractivity contribution in [1.82, 2.24) is 9.78 Å². The molecule has 0 aliphatic heterocycles. The van der Waals surface area contributed by atoms with Crippen molar-refractivity contribution in [2.24, 2.45) is 0 Å². The van der Waals surface area contributed by atoms with Crippen LogP contribution in [-0.2, 0) is 11.3 Å². The Labute approximate surface area is 133 Å². The van der Waals surface area contributed by atoms with Gasteiger partial charge in [0.2, 0.25) is 0 Å². The van der Waals surface area contributed by atoms with Gasteiger partial charge in [0.1, 0.15) is 5.60 Å². The van der Waals surface area contributed by atoms with Crippen molar-refractivity contribution in [1.29, 1.82) is 0 Å². The SMILES string of the molecule is CC(C)(C)OC(=O)Nc1cnn(Cc2ccccc2C(=O)O)c1. The molecular formula is C16H19N3O4. The minimum absolute atomic E-state index is 0.227. The van der Waals surface area contributed by atoms with Crippen molar-refractivity contribution < 1.29 is 19.4 Å². The zero-order chi connectivity index (χ0) is 17.0. The van der Waals surface area contributed by atoms with Crippen molar-refractivity contribution in [3.63, 3.8) is 0 Å². The van der Waals surface area contributed by atoms with E-state index >= 15 is 0 Å². The van der Waals surface area contributed by atoms with E-state index in [4.69, 9.17) is 4.74 Å². The largest absolute Gasteiger partial charge is 0.478 e. The van der Waals surface area contributed by atoms with E-state index in [0.29, 0.717) is 17.8 Å². The second-order valence-electron chi connectivity index (χ2n) is 6.02. The maximum Gasteiger partial charge on any atom is 0.412 e. The first kappa shape index (κ1) is 16.5. The number of nitrogens with zero attached hydrogens (tertiary/aromatic N) is 2. The Morgan fingerprint density at radius 3 is 2.65 bits per heavy atom. The summed E-state index contributed by atoms with van der Waals surface area (Å²) in [6, 6.07) is 6.71. The molecule has 0 atom stereocenters. The van der Waals surface area contributed by atoms with E-state index < -0.39 is 17.7 Å². The molecule has 7 heteroatoms. The first-order chi connectivity index (χ1) is 10.7. The number of hydrogen-bond acceptors (Lipinski definition) is 4. The highest BCUT2D eigenvalue weighted by atomic mass is 16.6. The predicted octanol–water partition coefficient (Wildman–Crippen LogP) is 2.98. The van der Waals surface area contributed by atoms with Crippen LogP contribution in [0.25, 0.3) is 0 Å². The van der Waals surface area contributed by atoms with Gasteiger partial charge >= 0.3 is 12.1 Å². The van der Waals surface area contributed by atoms with Gasteiger partial charge in [-0.25, -0.2) is 9.59 Å². The van der Waals surface area contributed by atoms with Crippen LogP contribution < -0.4 is 5.32 Å². The summed E-state index contributed by atoms with van der Waals surface area (Å²) in [5.74, 6) is -0.986. The molecule has 1 aromatic carbocycles. The molecule has 1 amide bonds. The Hall–Kier alpha value is -2.83. The maximum atomic E-state index is 11.7. The van der Waals surface area contributed by atoms with Gasteiger partial charge in [-0.1, -0.05) is 18.2 Å². The molecule has 2 aromatic rings. The quantitative estimate of drug-likeness (QED) is 0.904. The molecule has 122 valence electrons. The van der Waals surface area contributed by atoms with E-state index in [2.05, 4.69) is 10.4 Å². The van der Waals surface area contributed by atoms with E-state index in [1.165, 1.54) is 6.20 Å². The number of aromatic carboxylic acids is 1. The van der Waals surface area contributed by atoms with Gasteiger partial charge in [-0.15, -0.1) is 0 Å². The highest BCUT2D eigenvalue weighted by Crippen LogP contribution is 2.14. The fraction of sp³-hybridized carbons (Fsp3) is 0.312. The summed E-state index contributed by atoms with van der Waals surface area (Å²) < 4.78 is 6.71. The number of anilines is 1. The average Bonchev–Trinajstić information content (AvgIpc) is 2.84. The molecule has 2 N–H and O–H groups in total. The third-order valence-corrected chi connectivity index (χ3v) is 2.86. The van der Waals surface area contributed by atoms with E-state index in [-0.39, 0.29) is 5.56 Å². The zero-order valence-corrected chi connectivity index (χ0v) is 13.2. The number of carbonyl (C=O) groups excluding carboxylic acids is 1. The molecule has 0 saturated heterocycles. The smallest absolute Gasteiger partial charge is 0.412 e. The van der Waals surface area contributed by atoms with Crippen LogP contribution in [0.5, 0.6) is 0 Å². The number of carboxylic acids is 1. The summed E-state index contributed by atoms with van der Waals surface area (Å²) >= 11 is 0. The van der Waals surface area contributed by atoms with Gasteiger partial charge in [0.15, 0.2) is 0 Å². The maximum absolute atomic E-state index is 11.7. The Bertz CT molecular complexity index is 716. The molecule has 1 heterocycles. The molecule has 0 unspecified atom stereocenters. The number of hydrogen-bond donors (Lipinski definition) is 2. The van der Waals surface area contributed by atoms with E-state index in [0.717, 1.165) is 0 Å². The highest BCUT2D eigenvalue weighted by molar-refractivity contribution is 5.89. The van der Waals surface area contributed by atoms with Gasteiger partial charge in [0, 0.05) is 6.20 Å². The lowest BCUT2D eigenvalue weighted by atomic mass is 10.1.